The van der Waals surface area contributed by atoms with Crippen molar-refractivity contribution < 1.29 is 9.90 Å². The summed E-state index contributed by atoms with van der Waals surface area (Å²) in [6.45, 7) is 3.54. The van der Waals surface area contributed by atoms with Crippen LogP contribution in [0.15, 0.2) is 30.3 Å². The van der Waals surface area contributed by atoms with E-state index in [1.807, 2.05) is 37.3 Å². The van der Waals surface area contributed by atoms with Crippen LogP contribution in [0.1, 0.15) is 23.4 Å². The number of hydrogen-bond donors (Lipinski definition) is 2. The van der Waals surface area contributed by atoms with Crippen LogP contribution in [0.4, 0.5) is 5.13 Å². The Morgan fingerprint density at radius 1 is 1.30 bits per heavy atom. The predicted octanol–water partition coefficient (Wildman–Crippen LogP) is 1.77. The lowest BCUT2D eigenvalue weighted by Crippen LogP contribution is -2.45. The fourth-order valence-corrected chi connectivity index (χ4v) is 3.44. The van der Waals surface area contributed by atoms with Crippen LogP contribution in [0.2, 0.25) is 0 Å². The van der Waals surface area contributed by atoms with E-state index in [9.17, 15) is 9.90 Å². The minimum atomic E-state index is -0.787. The van der Waals surface area contributed by atoms with Crippen molar-refractivity contribution in [2.24, 2.45) is 0 Å². The Morgan fingerprint density at radius 3 is 2.61 bits per heavy atom. The number of anilines is 1. The van der Waals surface area contributed by atoms with Gasteiger partial charge in [0, 0.05) is 13.1 Å². The van der Waals surface area contributed by atoms with Gasteiger partial charge in [-0.25, -0.2) is 0 Å². The smallest absolute Gasteiger partial charge is 0.240 e. The summed E-state index contributed by atoms with van der Waals surface area (Å²) in [5.41, 5.74) is 0.165. The van der Waals surface area contributed by atoms with Crippen molar-refractivity contribution in [3.05, 3.63) is 40.9 Å². The van der Waals surface area contributed by atoms with Crippen molar-refractivity contribution in [3.8, 4) is 0 Å². The minimum absolute atomic E-state index is 0.0914. The monoisotopic (exact) mass is 332 g/mol. The molecule has 2 N–H and O–H groups in total. The standard InChI is InChI=1S/C16H20N4O2S/c1-12-18-19-15(23-12)17-14(21)11-20-9-7-16(22,8-10-20)13-5-3-2-4-6-13/h2-6,22H,7-11H2,1H3,(H,17,19,21). The van der Waals surface area contributed by atoms with Crippen molar-refractivity contribution in [2.45, 2.75) is 25.4 Å². The van der Waals surface area contributed by atoms with Crippen LogP contribution in [0.5, 0.6) is 0 Å². The predicted molar refractivity (Wildman–Crippen MR) is 89.3 cm³/mol. The number of nitrogens with zero attached hydrogens (tertiary/aromatic N) is 3. The maximum absolute atomic E-state index is 12.0. The van der Waals surface area contributed by atoms with Crippen molar-refractivity contribution in [3.63, 3.8) is 0 Å². The zero-order valence-electron chi connectivity index (χ0n) is 13.0. The van der Waals surface area contributed by atoms with Crippen molar-refractivity contribution in [1.82, 2.24) is 15.1 Å². The van der Waals surface area contributed by atoms with Gasteiger partial charge in [-0.3, -0.25) is 15.0 Å². The fourth-order valence-electron chi connectivity index (χ4n) is 2.83. The molecular weight excluding hydrogens is 312 g/mol. The number of hydrogen-bond acceptors (Lipinski definition) is 6. The molecule has 0 atom stereocenters. The molecule has 0 unspecified atom stereocenters. The molecule has 0 aliphatic carbocycles. The molecule has 122 valence electrons. The van der Waals surface area contributed by atoms with Gasteiger partial charge in [-0.2, -0.15) is 0 Å². The highest BCUT2D eigenvalue weighted by atomic mass is 32.1. The first kappa shape index (κ1) is 16.0. The van der Waals surface area contributed by atoms with Gasteiger partial charge in [0.1, 0.15) is 5.01 Å². The third kappa shape index (κ3) is 3.93. The van der Waals surface area contributed by atoms with Gasteiger partial charge in [0.05, 0.1) is 12.1 Å². The maximum Gasteiger partial charge on any atom is 0.240 e. The second-order valence-electron chi connectivity index (χ2n) is 5.85. The van der Waals surface area contributed by atoms with Crippen molar-refractivity contribution >= 4 is 22.4 Å². The number of benzene rings is 1. The van der Waals surface area contributed by atoms with Gasteiger partial charge in [-0.1, -0.05) is 41.7 Å². The summed E-state index contributed by atoms with van der Waals surface area (Å²) in [6, 6.07) is 9.75. The van der Waals surface area contributed by atoms with Crippen LogP contribution in [0, 0.1) is 6.92 Å². The molecule has 1 saturated heterocycles. The molecule has 1 aromatic heterocycles. The second-order valence-corrected chi connectivity index (χ2v) is 7.03. The molecule has 1 amide bonds. The number of aliphatic hydroxyl groups is 1. The molecular formula is C16H20N4O2S. The molecule has 2 aromatic rings. The molecule has 1 aliphatic rings. The minimum Gasteiger partial charge on any atom is -0.385 e. The Balaban J connectivity index is 1.52. The second kappa shape index (κ2) is 6.74. The summed E-state index contributed by atoms with van der Waals surface area (Å²) >= 11 is 1.36. The third-order valence-electron chi connectivity index (χ3n) is 4.13. The Morgan fingerprint density at radius 2 is 2.00 bits per heavy atom. The number of rotatable bonds is 4. The topological polar surface area (TPSA) is 78.4 Å². The Kier molecular flexibility index (Phi) is 4.70. The Labute approximate surface area is 139 Å². The number of carbonyl (C=O) groups excluding carboxylic acids is 1. The molecule has 0 spiro atoms. The van der Waals surface area contributed by atoms with Crippen LogP contribution < -0.4 is 5.32 Å². The SMILES string of the molecule is Cc1nnc(NC(=O)CN2CCC(O)(c3ccccc3)CC2)s1. The van der Waals surface area contributed by atoms with Crippen molar-refractivity contribution in [1.29, 1.82) is 0 Å². The zero-order chi connectivity index (χ0) is 16.3. The maximum atomic E-state index is 12.0. The number of nitrogens with one attached hydrogen (secondary N) is 1. The highest BCUT2D eigenvalue weighted by molar-refractivity contribution is 7.15. The molecule has 23 heavy (non-hydrogen) atoms. The molecule has 2 heterocycles. The fraction of sp³-hybridized carbons (Fsp3) is 0.438. The average Bonchev–Trinajstić information content (AvgIpc) is 2.95. The summed E-state index contributed by atoms with van der Waals surface area (Å²) in [5, 5.41) is 22.7. The van der Waals surface area contributed by atoms with E-state index in [-0.39, 0.29) is 5.91 Å². The van der Waals surface area contributed by atoms with Gasteiger partial charge in [-0.05, 0) is 25.3 Å². The van der Waals surface area contributed by atoms with Crippen LogP contribution in [-0.4, -0.2) is 45.7 Å². The Hall–Kier alpha value is -1.83. The highest BCUT2D eigenvalue weighted by Gasteiger charge is 2.34. The van der Waals surface area contributed by atoms with Crippen LogP contribution in [0.3, 0.4) is 0 Å². The molecule has 0 saturated carbocycles. The van der Waals surface area contributed by atoms with Crippen molar-refractivity contribution in [2.75, 3.05) is 25.0 Å². The number of aromatic nitrogens is 2. The third-order valence-corrected chi connectivity index (χ3v) is 4.89. The first-order valence-corrected chi connectivity index (χ1v) is 8.47. The number of aryl methyl sites for hydroxylation is 1. The number of amides is 1. The lowest BCUT2D eigenvalue weighted by molar-refractivity contribution is -0.118. The zero-order valence-corrected chi connectivity index (χ0v) is 13.8. The number of likely N-dealkylation sites (tertiary alicyclic amines) is 1. The van der Waals surface area contributed by atoms with E-state index in [0.717, 1.165) is 10.6 Å². The summed E-state index contributed by atoms with van der Waals surface area (Å²) < 4.78 is 0. The van der Waals surface area contributed by atoms with E-state index < -0.39 is 5.60 Å². The molecule has 3 rings (SSSR count). The first-order valence-electron chi connectivity index (χ1n) is 7.65. The van der Waals surface area contributed by atoms with Gasteiger partial charge >= 0.3 is 0 Å². The van der Waals surface area contributed by atoms with Gasteiger partial charge < -0.3 is 5.11 Å². The van der Waals surface area contributed by atoms with E-state index in [2.05, 4.69) is 20.4 Å². The van der Waals surface area contributed by atoms with Crippen LogP contribution >= 0.6 is 11.3 Å². The van der Waals surface area contributed by atoms with E-state index in [1.165, 1.54) is 11.3 Å². The summed E-state index contributed by atoms with van der Waals surface area (Å²) in [6.07, 6.45) is 1.25. The number of piperidine rings is 1. The first-order chi connectivity index (χ1) is 11.0. The average molecular weight is 332 g/mol. The Bertz CT molecular complexity index is 666. The molecule has 0 bridgehead atoms. The van der Waals surface area contributed by atoms with Gasteiger partial charge in [0.2, 0.25) is 11.0 Å². The van der Waals surface area contributed by atoms with E-state index >= 15 is 0 Å². The van der Waals surface area contributed by atoms with E-state index in [1.54, 1.807) is 0 Å². The van der Waals surface area contributed by atoms with Crippen LogP contribution in [-0.2, 0) is 10.4 Å². The highest BCUT2D eigenvalue weighted by Crippen LogP contribution is 2.32. The van der Waals surface area contributed by atoms with E-state index in [0.29, 0.717) is 37.6 Å². The normalized spacial score (nSPS) is 17.8. The van der Waals surface area contributed by atoms with Gasteiger partial charge in [-0.15, -0.1) is 10.2 Å². The largest absolute Gasteiger partial charge is 0.385 e. The van der Waals surface area contributed by atoms with E-state index in [4.69, 9.17) is 0 Å². The van der Waals surface area contributed by atoms with Gasteiger partial charge in [0.25, 0.3) is 0 Å². The number of carbonyl (C=O) groups is 1. The molecule has 1 aliphatic heterocycles. The lowest BCUT2D eigenvalue weighted by atomic mass is 9.84. The molecule has 0 radical (unpaired) electrons. The van der Waals surface area contributed by atoms with Crippen LogP contribution in [0.25, 0.3) is 0 Å². The molecule has 6 nitrogen and oxygen atoms in total. The molecule has 1 aromatic carbocycles. The molecule has 7 heteroatoms. The summed E-state index contributed by atoms with van der Waals surface area (Å²) in [5.74, 6) is -0.0914. The van der Waals surface area contributed by atoms with Gasteiger partial charge in [0.15, 0.2) is 0 Å². The quantitative estimate of drug-likeness (QED) is 0.892. The summed E-state index contributed by atoms with van der Waals surface area (Å²) in [7, 11) is 0. The molecule has 1 fully saturated rings. The lowest BCUT2D eigenvalue weighted by Gasteiger charge is -2.38. The summed E-state index contributed by atoms with van der Waals surface area (Å²) in [4.78, 5) is 14.1.